The van der Waals surface area contributed by atoms with E-state index in [0.29, 0.717) is 18.0 Å². The zero-order chi connectivity index (χ0) is 16.5. The van der Waals surface area contributed by atoms with Gasteiger partial charge in [-0.05, 0) is 42.3 Å². The van der Waals surface area contributed by atoms with Crippen LogP contribution in [0.1, 0.15) is 25.3 Å². The summed E-state index contributed by atoms with van der Waals surface area (Å²) in [5.74, 6) is 0.0927. The predicted molar refractivity (Wildman–Crippen MR) is 90.9 cm³/mol. The standard InChI is InChI=1S/C19H20FNO2/c1-2-3-14-23-18-7-5-4-6-17(18)21-19(22)13-10-15-8-11-16(20)12-9-15/h4-13H,2-3,14H2,1H3,(H,21,22)/b13-10+. The van der Waals surface area contributed by atoms with E-state index >= 15 is 0 Å². The minimum absolute atomic E-state index is 0.263. The highest BCUT2D eigenvalue weighted by molar-refractivity contribution is 6.02. The third kappa shape index (κ3) is 5.58. The molecule has 0 saturated heterocycles. The maximum atomic E-state index is 12.8. The molecule has 1 amide bonds. The monoisotopic (exact) mass is 313 g/mol. The number of amides is 1. The molecule has 0 aliphatic rings. The SMILES string of the molecule is CCCCOc1ccccc1NC(=O)/C=C/c1ccc(F)cc1. The van der Waals surface area contributed by atoms with E-state index in [0.717, 1.165) is 18.4 Å². The van der Waals surface area contributed by atoms with Gasteiger partial charge in [-0.25, -0.2) is 4.39 Å². The lowest BCUT2D eigenvalue weighted by Crippen LogP contribution is -2.09. The second-order valence-electron chi connectivity index (χ2n) is 5.07. The van der Waals surface area contributed by atoms with Crippen LogP contribution in [0.4, 0.5) is 10.1 Å². The number of hydrogen-bond acceptors (Lipinski definition) is 2. The lowest BCUT2D eigenvalue weighted by Gasteiger charge is -2.11. The van der Waals surface area contributed by atoms with Crippen molar-refractivity contribution in [3.8, 4) is 5.75 Å². The van der Waals surface area contributed by atoms with Gasteiger partial charge in [-0.2, -0.15) is 0 Å². The molecule has 4 heteroatoms. The van der Waals surface area contributed by atoms with Gasteiger partial charge in [0.05, 0.1) is 12.3 Å². The molecule has 0 aliphatic heterocycles. The number of rotatable bonds is 7. The Kier molecular flexibility index (Phi) is 6.36. The summed E-state index contributed by atoms with van der Waals surface area (Å²) in [5, 5.41) is 2.79. The van der Waals surface area contributed by atoms with Crippen molar-refractivity contribution in [2.45, 2.75) is 19.8 Å². The highest BCUT2D eigenvalue weighted by Crippen LogP contribution is 2.24. The molecule has 0 heterocycles. The number of halogens is 1. The van der Waals surface area contributed by atoms with Gasteiger partial charge in [-0.15, -0.1) is 0 Å². The largest absolute Gasteiger partial charge is 0.491 e. The van der Waals surface area contributed by atoms with Gasteiger partial charge in [0, 0.05) is 6.08 Å². The number of nitrogens with one attached hydrogen (secondary N) is 1. The Morgan fingerprint density at radius 2 is 1.91 bits per heavy atom. The van der Waals surface area contributed by atoms with Crippen LogP contribution in [0, 0.1) is 5.82 Å². The molecule has 1 N–H and O–H groups in total. The summed E-state index contributed by atoms with van der Waals surface area (Å²) in [5.41, 5.74) is 1.39. The molecule has 2 aromatic rings. The molecule has 2 rings (SSSR count). The quantitative estimate of drug-likeness (QED) is 0.596. The van der Waals surface area contributed by atoms with Crippen molar-refractivity contribution < 1.29 is 13.9 Å². The number of ether oxygens (including phenoxy) is 1. The summed E-state index contributed by atoms with van der Waals surface area (Å²) in [6.07, 6.45) is 5.06. The number of hydrogen-bond donors (Lipinski definition) is 1. The van der Waals surface area contributed by atoms with Crippen LogP contribution in [0.15, 0.2) is 54.6 Å². The Bertz CT molecular complexity index is 665. The van der Waals surface area contributed by atoms with E-state index in [1.807, 2.05) is 18.2 Å². The topological polar surface area (TPSA) is 38.3 Å². The van der Waals surface area contributed by atoms with Crippen LogP contribution >= 0.6 is 0 Å². The summed E-state index contributed by atoms with van der Waals surface area (Å²) >= 11 is 0. The number of para-hydroxylation sites is 2. The molecule has 0 unspecified atom stereocenters. The van der Waals surface area contributed by atoms with E-state index in [4.69, 9.17) is 4.74 Å². The zero-order valence-electron chi connectivity index (χ0n) is 13.1. The Morgan fingerprint density at radius 1 is 1.17 bits per heavy atom. The van der Waals surface area contributed by atoms with Crippen LogP contribution in [0.5, 0.6) is 5.75 Å². The Balaban J connectivity index is 1.98. The normalized spacial score (nSPS) is 10.7. The van der Waals surface area contributed by atoms with Crippen molar-refractivity contribution in [1.29, 1.82) is 0 Å². The molecular weight excluding hydrogens is 293 g/mol. The summed E-state index contributed by atoms with van der Waals surface area (Å²) in [6, 6.07) is 13.3. The fourth-order valence-electron chi connectivity index (χ4n) is 1.94. The second-order valence-corrected chi connectivity index (χ2v) is 5.07. The number of unbranched alkanes of at least 4 members (excludes halogenated alkanes) is 1. The zero-order valence-corrected chi connectivity index (χ0v) is 13.1. The van der Waals surface area contributed by atoms with Crippen molar-refractivity contribution in [2.75, 3.05) is 11.9 Å². The van der Waals surface area contributed by atoms with Gasteiger partial charge in [0.1, 0.15) is 11.6 Å². The van der Waals surface area contributed by atoms with Gasteiger partial charge in [-0.3, -0.25) is 4.79 Å². The highest BCUT2D eigenvalue weighted by atomic mass is 19.1. The average Bonchev–Trinajstić information content (AvgIpc) is 2.56. The van der Waals surface area contributed by atoms with Gasteiger partial charge in [0.2, 0.25) is 5.91 Å². The highest BCUT2D eigenvalue weighted by Gasteiger charge is 2.05. The van der Waals surface area contributed by atoms with Crippen LogP contribution in [-0.4, -0.2) is 12.5 Å². The number of carbonyl (C=O) groups excluding carboxylic acids is 1. The summed E-state index contributed by atoms with van der Waals surface area (Å²) in [6.45, 7) is 2.71. The molecule has 23 heavy (non-hydrogen) atoms. The fraction of sp³-hybridized carbons (Fsp3) is 0.211. The van der Waals surface area contributed by atoms with Crippen molar-refractivity contribution >= 4 is 17.7 Å². The number of carbonyl (C=O) groups is 1. The molecule has 0 fully saturated rings. The molecule has 120 valence electrons. The van der Waals surface area contributed by atoms with Crippen molar-refractivity contribution in [3.05, 3.63) is 66.0 Å². The molecule has 0 spiro atoms. The van der Waals surface area contributed by atoms with E-state index in [2.05, 4.69) is 12.2 Å². The van der Waals surface area contributed by atoms with E-state index < -0.39 is 0 Å². The number of benzene rings is 2. The van der Waals surface area contributed by atoms with Crippen LogP contribution in [0.3, 0.4) is 0 Å². The summed E-state index contributed by atoms with van der Waals surface area (Å²) < 4.78 is 18.5. The first-order chi connectivity index (χ1) is 11.2. The Morgan fingerprint density at radius 3 is 2.65 bits per heavy atom. The Hall–Kier alpha value is -2.62. The first-order valence-electron chi connectivity index (χ1n) is 7.65. The lowest BCUT2D eigenvalue weighted by molar-refractivity contribution is -0.111. The molecular formula is C19H20FNO2. The molecule has 0 aliphatic carbocycles. The fourth-order valence-corrected chi connectivity index (χ4v) is 1.94. The second kappa shape index (κ2) is 8.73. The van der Waals surface area contributed by atoms with Crippen molar-refractivity contribution in [2.24, 2.45) is 0 Å². The summed E-state index contributed by atoms with van der Waals surface area (Å²) in [7, 11) is 0. The van der Waals surface area contributed by atoms with Crippen LogP contribution in [0.2, 0.25) is 0 Å². The van der Waals surface area contributed by atoms with E-state index in [9.17, 15) is 9.18 Å². The van der Waals surface area contributed by atoms with Gasteiger partial charge in [0.25, 0.3) is 0 Å². The molecule has 0 saturated carbocycles. The van der Waals surface area contributed by atoms with Crippen LogP contribution in [0.25, 0.3) is 6.08 Å². The predicted octanol–water partition coefficient (Wildman–Crippen LogP) is 4.66. The molecule has 2 aromatic carbocycles. The molecule has 0 atom stereocenters. The molecule has 0 bridgehead atoms. The smallest absolute Gasteiger partial charge is 0.248 e. The molecule has 0 radical (unpaired) electrons. The molecule has 0 aromatic heterocycles. The maximum absolute atomic E-state index is 12.8. The van der Waals surface area contributed by atoms with Gasteiger partial charge in [-0.1, -0.05) is 37.6 Å². The van der Waals surface area contributed by atoms with E-state index in [-0.39, 0.29) is 11.7 Å². The van der Waals surface area contributed by atoms with E-state index in [1.165, 1.54) is 18.2 Å². The van der Waals surface area contributed by atoms with Gasteiger partial charge in [0.15, 0.2) is 0 Å². The van der Waals surface area contributed by atoms with Crippen LogP contribution < -0.4 is 10.1 Å². The average molecular weight is 313 g/mol. The van der Waals surface area contributed by atoms with Gasteiger partial charge >= 0.3 is 0 Å². The lowest BCUT2D eigenvalue weighted by atomic mass is 10.2. The number of anilines is 1. The van der Waals surface area contributed by atoms with Gasteiger partial charge < -0.3 is 10.1 Å². The first-order valence-corrected chi connectivity index (χ1v) is 7.65. The van der Waals surface area contributed by atoms with Crippen LogP contribution in [-0.2, 0) is 4.79 Å². The third-order valence-corrected chi connectivity index (χ3v) is 3.20. The van der Waals surface area contributed by atoms with Crippen molar-refractivity contribution in [1.82, 2.24) is 0 Å². The minimum Gasteiger partial charge on any atom is -0.491 e. The van der Waals surface area contributed by atoms with Crippen molar-refractivity contribution in [3.63, 3.8) is 0 Å². The third-order valence-electron chi connectivity index (χ3n) is 3.20. The first kappa shape index (κ1) is 16.7. The Labute approximate surface area is 135 Å². The van der Waals surface area contributed by atoms with E-state index in [1.54, 1.807) is 24.3 Å². The maximum Gasteiger partial charge on any atom is 0.248 e. The molecule has 3 nitrogen and oxygen atoms in total. The minimum atomic E-state index is -0.301. The summed E-state index contributed by atoms with van der Waals surface area (Å²) in [4.78, 5) is 12.0.